The number of benzene rings is 1. The molecular weight excluding hydrogens is 427 g/mol. The Balaban J connectivity index is 1.92. The minimum atomic E-state index is -0.834. The van der Waals surface area contributed by atoms with Crippen LogP contribution in [0.2, 0.25) is 5.02 Å². The lowest BCUT2D eigenvalue weighted by atomic mass is 10.1. The Morgan fingerprint density at radius 1 is 1.32 bits per heavy atom. The summed E-state index contributed by atoms with van der Waals surface area (Å²) in [5.74, 6) is -0.370. The Labute approximate surface area is 182 Å². The van der Waals surface area contributed by atoms with Gasteiger partial charge in [0.2, 0.25) is 0 Å². The van der Waals surface area contributed by atoms with Gasteiger partial charge in [-0.05, 0) is 45.0 Å². The van der Waals surface area contributed by atoms with Gasteiger partial charge in [-0.1, -0.05) is 17.7 Å². The summed E-state index contributed by atoms with van der Waals surface area (Å²) in [5, 5.41) is 15.0. The molecule has 0 aliphatic carbocycles. The van der Waals surface area contributed by atoms with Crippen molar-refractivity contribution in [3.63, 3.8) is 0 Å². The summed E-state index contributed by atoms with van der Waals surface area (Å²) in [6.45, 7) is 5.23. The molecule has 4 rings (SSSR count). The van der Waals surface area contributed by atoms with E-state index in [4.69, 9.17) is 16.3 Å². The summed E-state index contributed by atoms with van der Waals surface area (Å²) < 4.78 is 22.0. The van der Waals surface area contributed by atoms with Crippen LogP contribution in [0, 0.1) is 5.82 Å². The Morgan fingerprint density at radius 3 is 2.74 bits per heavy atom. The molecule has 0 bridgehead atoms. The van der Waals surface area contributed by atoms with Crippen LogP contribution in [0.3, 0.4) is 0 Å². The van der Waals surface area contributed by atoms with E-state index in [1.165, 1.54) is 44.4 Å². The number of aliphatic hydroxyl groups is 1. The molecule has 3 heterocycles. The number of fused-ring (bicyclic) bond motifs is 1. The second-order valence-corrected chi connectivity index (χ2v) is 8.88. The predicted molar refractivity (Wildman–Crippen MR) is 112 cm³/mol. The molecule has 1 saturated heterocycles. The van der Waals surface area contributed by atoms with Crippen LogP contribution < -0.4 is 5.56 Å². The standard InChI is InChI=1S/C21H22ClFN4O4/c1-21(2,3)31-20(30)25-11-14(28)10-16(25)18-24-26-8-7-15(22)17(26)19(29)27(18)13-6-4-5-12(23)9-13/h4-9,14,16,28H,10-11H2,1-3H3. The molecule has 0 spiro atoms. The number of β-amino-alcohol motifs (C(OH)–C–C–N with tert-alkyl or cyclic N) is 1. The number of ether oxygens (including phenoxy) is 1. The first-order chi connectivity index (χ1) is 14.5. The second kappa shape index (κ2) is 7.65. The summed E-state index contributed by atoms with van der Waals surface area (Å²) >= 11 is 6.18. The van der Waals surface area contributed by atoms with Crippen molar-refractivity contribution in [2.45, 2.75) is 44.9 Å². The molecule has 3 aromatic rings. The summed E-state index contributed by atoms with van der Waals surface area (Å²) in [5.41, 5.74) is -0.908. The number of aromatic nitrogens is 3. The van der Waals surface area contributed by atoms with E-state index >= 15 is 0 Å². The van der Waals surface area contributed by atoms with Crippen LogP contribution in [0.5, 0.6) is 0 Å². The molecule has 31 heavy (non-hydrogen) atoms. The Kier molecular flexibility index (Phi) is 5.26. The van der Waals surface area contributed by atoms with Crippen molar-refractivity contribution >= 4 is 23.2 Å². The number of halogens is 2. The molecule has 10 heteroatoms. The summed E-state index contributed by atoms with van der Waals surface area (Å²) in [6, 6.07) is 6.25. The molecule has 1 aromatic carbocycles. The van der Waals surface area contributed by atoms with Gasteiger partial charge in [0.1, 0.15) is 16.9 Å². The van der Waals surface area contributed by atoms with Crippen molar-refractivity contribution in [3.05, 3.63) is 63.5 Å². The fourth-order valence-corrected chi connectivity index (χ4v) is 3.93. The van der Waals surface area contributed by atoms with E-state index in [-0.39, 0.29) is 35.0 Å². The van der Waals surface area contributed by atoms with Crippen molar-refractivity contribution in [2.24, 2.45) is 0 Å². The van der Waals surface area contributed by atoms with Crippen LogP contribution in [0.25, 0.3) is 11.2 Å². The average Bonchev–Trinajstić information content (AvgIpc) is 3.23. The zero-order valence-corrected chi connectivity index (χ0v) is 18.0. The smallest absolute Gasteiger partial charge is 0.411 e. The van der Waals surface area contributed by atoms with Gasteiger partial charge in [0.15, 0.2) is 5.82 Å². The maximum atomic E-state index is 14.0. The monoisotopic (exact) mass is 448 g/mol. The quantitative estimate of drug-likeness (QED) is 0.649. The van der Waals surface area contributed by atoms with E-state index in [1.807, 2.05) is 0 Å². The van der Waals surface area contributed by atoms with Crippen LogP contribution in [-0.4, -0.2) is 48.5 Å². The number of hydrogen-bond acceptors (Lipinski definition) is 5. The van der Waals surface area contributed by atoms with Gasteiger partial charge in [0, 0.05) is 12.6 Å². The SMILES string of the molecule is CC(C)(C)OC(=O)N1CC(O)CC1c1nn2ccc(Cl)c2c(=O)n1-c1cccc(F)c1. The van der Waals surface area contributed by atoms with Crippen molar-refractivity contribution in [3.8, 4) is 5.69 Å². The molecule has 1 aliphatic heterocycles. The molecule has 0 saturated carbocycles. The largest absolute Gasteiger partial charge is 0.444 e. The highest BCUT2D eigenvalue weighted by Crippen LogP contribution is 2.33. The number of rotatable bonds is 2. The highest BCUT2D eigenvalue weighted by molar-refractivity contribution is 6.33. The maximum absolute atomic E-state index is 14.0. The molecule has 1 fully saturated rings. The van der Waals surface area contributed by atoms with Gasteiger partial charge in [0.05, 0.1) is 29.4 Å². The molecule has 2 atom stereocenters. The Bertz CT molecular complexity index is 1220. The molecule has 8 nitrogen and oxygen atoms in total. The molecule has 1 aliphatic rings. The number of carbonyl (C=O) groups is 1. The van der Waals surface area contributed by atoms with Gasteiger partial charge in [-0.3, -0.25) is 14.3 Å². The van der Waals surface area contributed by atoms with Crippen molar-refractivity contribution in [1.82, 2.24) is 19.1 Å². The van der Waals surface area contributed by atoms with Crippen LogP contribution in [0.4, 0.5) is 9.18 Å². The van der Waals surface area contributed by atoms with Gasteiger partial charge in [-0.2, -0.15) is 5.10 Å². The molecule has 1 amide bonds. The zero-order valence-electron chi connectivity index (χ0n) is 17.2. The summed E-state index contributed by atoms with van der Waals surface area (Å²) in [6.07, 6.45) is 0.197. The van der Waals surface area contributed by atoms with Crippen LogP contribution in [0.1, 0.15) is 39.1 Å². The van der Waals surface area contributed by atoms with Crippen molar-refractivity contribution in [2.75, 3.05) is 6.54 Å². The molecule has 2 unspecified atom stereocenters. The minimum Gasteiger partial charge on any atom is -0.444 e. The second-order valence-electron chi connectivity index (χ2n) is 8.47. The number of likely N-dealkylation sites (tertiary alicyclic amines) is 1. The molecule has 2 aromatic heterocycles. The zero-order chi connectivity index (χ0) is 22.5. The van der Waals surface area contributed by atoms with Gasteiger partial charge >= 0.3 is 6.09 Å². The van der Waals surface area contributed by atoms with Crippen LogP contribution in [-0.2, 0) is 4.74 Å². The number of nitrogens with zero attached hydrogens (tertiary/aromatic N) is 4. The molecule has 164 valence electrons. The Morgan fingerprint density at radius 2 is 2.06 bits per heavy atom. The normalized spacial score (nSPS) is 19.2. The fourth-order valence-electron chi connectivity index (χ4n) is 3.71. The van der Waals surface area contributed by atoms with Crippen LogP contribution in [0.15, 0.2) is 41.3 Å². The van der Waals surface area contributed by atoms with Crippen molar-refractivity contribution in [1.29, 1.82) is 0 Å². The maximum Gasteiger partial charge on any atom is 0.411 e. The van der Waals surface area contributed by atoms with Gasteiger partial charge in [0.25, 0.3) is 5.56 Å². The van der Waals surface area contributed by atoms with Gasteiger partial charge in [-0.25, -0.2) is 13.7 Å². The highest BCUT2D eigenvalue weighted by Gasteiger charge is 2.40. The first-order valence-corrected chi connectivity index (χ1v) is 10.2. The molecule has 1 N–H and O–H groups in total. The van der Waals surface area contributed by atoms with Gasteiger partial charge < -0.3 is 9.84 Å². The average molecular weight is 449 g/mol. The van der Waals surface area contributed by atoms with E-state index < -0.39 is 35.2 Å². The van der Waals surface area contributed by atoms with Gasteiger partial charge in [-0.15, -0.1) is 0 Å². The molecular formula is C21H22ClFN4O4. The lowest BCUT2D eigenvalue weighted by molar-refractivity contribution is 0.0198. The summed E-state index contributed by atoms with van der Waals surface area (Å²) in [7, 11) is 0. The number of amides is 1. The van der Waals surface area contributed by atoms with E-state index in [1.54, 1.807) is 26.8 Å². The highest BCUT2D eigenvalue weighted by atomic mass is 35.5. The first-order valence-electron chi connectivity index (χ1n) is 9.78. The first kappa shape index (κ1) is 21.3. The van der Waals surface area contributed by atoms with Crippen molar-refractivity contribution < 1.29 is 19.0 Å². The third-order valence-electron chi connectivity index (χ3n) is 4.93. The van der Waals surface area contributed by atoms with E-state index in [2.05, 4.69) is 5.10 Å². The van der Waals surface area contributed by atoms with E-state index in [0.29, 0.717) is 0 Å². The third-order valence-corrected chi connectivity index (χ3v) is 5.24. The fraction of sp³-hybridized carbons (Fsp3) is 0.381. The number of hydrogen-bond donors (Lipinski definition) is 1. The van der Waals surface area contributed by atoms with Crippen LogP contribution >= 0.6 is 11.6 Å². The number of carbonyl (C=O) groups excluding carboxylic acids is 1. The predicted octanol–water partition coefficient (Wildman–Crippen LogP) is 3.32. The minimum absolute atomic E-state index is 0.0169. The lowest BCUT2D eigenvalue weighted by Crippen LogP contribution is -2.39. The topological polar surface area (TPSA) is 89.1 Å². The molecule has 0 radical (unpaired) electrons. The third kappa shape index (κ3) is 4.03. The number of aliphatic hydroxyl groups excluding tert-OH is 1. The Hall–Kier alpha value is -2.91. The summed E-state index contributed by atoms with van der Waals surface area (Å²) in [4.78, 5) is 27.6. The lowest BCUT2D eigenvalue weighted by Gasteiger charge is -2.29. The van der Waals surface area contributed by atoms with E-state index in [0.717, 1.165) is 0 Å². The van der Waals surface area contributed by atoms with E-state index in [9.17, 15) is 19.1 Å².